The highest BCUT2D eigenvalue weighted by Gasteiger charge is 2.07. The Balaban J connectivity index is 1.60. The van der Waals surface area contributed by atoms with Gasteiger partial charge in [0, 0.05) is 23.8 Å². The summed E-state index contributed by atoms with van der Waals surface area (Å²) in [6.45, 7) is 0.532. The average molecular weight is 360 g/mol. The van der Waals surface area contributed by atoms with Gasteiger partial charge in [-0.1, -0.05) is 41.4 Å². The van der Waals surface area contributed by atoms with Gasteiger partial charge in [0.1, 0.15) is 5.65 Å². The van der Waals surface area contributed by atoms with Crippen molar-refractivity contribution in [1.29, 1.82) is 0 Å². The largest absolute Gasteiger partial charge is 0.352 e. The highest BCUT2D eigenvalue weighted by atomic mass is 35.5. The first kappa shape index (κ1) is 16.6. The molecule has 0 aliphatic heterocycles. The highest BCUT2D eigenvalue weighted by molar-refractivity contribution is 6.31. The van der Waals surface area contributed by atoms with Crippen LogP contribution >= 0.6 is 23.2 Å². The minimum atomic E-state index is -0.182. The fraction of sp³-hybridized carbons (Fsp3) is 0.111. The minimum absolute atomic E-state index is 0.182. The van der Waals surface area contributed by atoms with Crippen molar-refractivity contribution < 1.29 is 4.79 Å². The number of aromatic nitrogens is 2. The van der Waals surface area contributed by atoms with E-state index in [1.807, 2.05) is 53.1 Å². The van der Waals surface area contributed by atoms with Gasteiger partial charge >= 0.3 is 0 Å². The van der Waals surface area contributed by atoms with Crippen molar-refractivity contribution in [1.82, 2.24) is 14.7 Å². The Morgan fingerprint density at radius 3 is 2.92 bits per heavy atom. The Kier molecular flexibility index (Phi) is 5.18. The first-order chi connectivity index (χ1) is 11.6. The van der Waals surface area contributed by atoms with Crippen LogP contribution in [0.1, 0.15) is 11.3 Å². The average Bonchev–Trinajstić information content (AvgIpc) is 2.88. The summed E-state index contributed by atoms with van der Waals surface area (Å²) in [5.41, 5.74) is 2.50. The molecule has 1 amide bonds. The normalized spacial score (nSPS) is 11.2. The molecule has 2 heterocycles. The molecule has 0 aliphatic carbocycles. The molecule has 1 N–H and O–H groups in total. The molecule has 122 valence electrons. The van der Waals surface area contributed by atoms with Crippen molar-refractivity contribution in [3.8, 4) is 0 Å². The number of hydrogen-bond donors (Lipinski definition) is 1. The molecule has 3 aromatic rings. The van der Waals surface area contributed by atoms with Crippen molar-refractivity contribution in [2.45, 2.75) is 6.42 Å². The van der Waals surface area contributed by atoms with Crippen LogP contribution in [-0.2, 0) is 11.2 Å². The summed E-state index contributed by atoms with van der Waals surface area (Å²) in [4.78, 5) is 16.2. The van der Waals surface area contributed by atoms with E-state index in [-0.39, 0.29) is 5.91 Å². The zero-order valence-corrected chi connectivity index (χ0v) is 14.3. The predicted molar refractivity (Wildman–Crippen MR) is 97.4 cm³/mol. The Hall–Kier alpha value is -2.30. The summed E-state index contributed by atoms with van der Waals surface area (Å²) < 4.78 is 1.83. The van der Waals surface area contributed by atoms with E-state index >= 15 is 0 Å². The number of imidazole rings is 1. The lowest BCUT2D eigenvalue weighted by molar-refractivity contribution is -0.116. The number of amides is 1. The first-order valence-corrected chi connectivity index (χ1v) is 8.22. The van der Waals surface area contributed by atoms with Gasteiger partial charge in [-0.25, -0.2) is 4.98 Å². The monoisotopic (exact) mass is 359 g/mol. The zero-order chi connectivity index (χ0) is 16.9. The molecule has 0 unspecified atom stereocenters. The number of nitrogens with zero attached hydrogens (tertiary/aromatic N) is 2. The Morgan fingerprint density at radius 1 is 1.21 bits per heavy atom. The topological polar surface area (TPSA) is 46.4 Å². The molecule has 0 spiro atoms. The van der Waals surface area contributed by atoms with Crippen LogP contribution in [-0.4, -0.2) is 21.8 Å². The van der Waals surface area contributed by atoms with E-state index in [1.165, 1.54) is 6.08 Å². The molecule has 0 saturated carbocycles. The molecule has 0 bridgehead atoms. The molecule has 6 heteroatoms. The third kappa shape index (κ3) is 3.96. The van der Waals surface area contributed by atoms with Crippen molar-refractivity contribution in [3.63, 3.8) is 0 Å². The molecule has 24 heavy (non-hydrogen) atoms. The summed E-state index contributed by atoms with van der Waals surface area (Å²) in [5, 5.41) is 3.90. The number of pyridine rings is 1. The number of nitrogens with one attached hydrogen (secondary N) is 1. The van der Waals surface area contributed by atoms with E-state index < -0.39 is 0 Å². The molecular formula is C18H15Cl2N3O. The van der Waals surface area contributed by atoms with Crippen molar-refractivity contribution >= 4 is 40.8 Å². The Bertz CT molecular complexity index is 902. The van der Waals surface area contributed by atoms with Crippen LogP contribution in [0.15, 0.2) is 54.7 Å². The first-order valence-electron chi connectivity index (χ1n) is 7.46. The molecule has 4 nitrogen and oxygen atoms in total. The lowest BCUT2D eigenvalue weighted by atomic mass is 10.1. The molecule has 1 aromatic carbocycles. The molecule has 0 atom stereocenters. The number of rotatable bonds is 5. The number of fused-ring (bicyclic) bond motifs is 1. The van der Waals surface area contributed by atoms with E-state index in [0.29, 0.717) is 22.4 Å². The fourth-order valence-electron chi connectivity index (χ4n) is 2.37. The van der Waals surface area contributed by atoms with Crippen LogP contribution in [0.25, 0.3) is 11.7 Å². The SMILES string of the molecule is O=C(/C=C/c1c(Cl)nc2ccccn12)NCCc1cccc(Cl)c1. The quantitative estimate of drug-likeness (QED) is 0.699. The molecular weight excluding hydrogens is 345 g/mol. The zero-order valence-electron chi connectivity index (χ0n) is 12.7. The van der Waals surface area contributed by atoms with E-state index in [2.05, 4.69) is 10.3 Å². The third-order valence-electron chi connectivity index (χ3n) is 3.52. The lowest BCUT2D eigenvalue weighted by Crippen LogP contribution is -2.23. The number of carbonyl (C=O) groups excluding carboxylic acids is 1. The van der Waals surface area contributed by atoms with Crippen molar-refractivity contribution in [2.75, 3.05) is 6.54 Å². The van der Waals surface area contributed by atoms with Gasteiger partial charge in [0.2, 0.25) is 5.91 Å². The van der Waals surface area contributed by atoms with Crippen LogP contribution < -0.4 is 5.32 Å². The van der Waals surface area contributed by atoms with Gasteiger partial charge in [0.25, 0.3) is 0 Å². The number of benzene rings is 1. The van der Waals surface area contributed by atoms with Gasteiger partial charge in [-0.3, -0.25) is 9.20 Å². The summed E-state index contributed by atoms with van der Waals surface area (Å²) >= 11 is 12.1. The summed E-state index contributed by atoms with van der Waals surface area (Å²) in [6.07, 6.45) is 5.69. The summed E-state index contributed by atoms with van der Waals surface area (Å²) in [6, 6.07) is 13.2. The highest BCUT2D eigenvalue weighted by Crippen LogP contribution is 2.18. The Labute approximate surface area is 149 Å². The molecule has 0 aliphatic rings. The van der Waals surface area contributed by atoms with Gasteiger partial charge < -0.3 is 5.32 Å². The van der Waals surface area contributed by atoms with Crippen LogP contribution in [0.2, 0.25) is 10.2 Å². The van der Waals surface area contributed by atoms with Gasteiger partial charge in [0.15, 0.2) is 5.15 Å². The predicted octanol–water partition coefficient (Wildman–Crippen LogP) is 4.01. The smallest absolute Gasteiger partial charge is 0.244 e. The third-order valence-corrected chi connectivity index (χ3v) is 4.03. The van der Waals surface area contributed by atoms with Gasteiger partial charge in [-0.05, 0) is 42.3 Å². The van der Waals surface area contributed by atoms with Gasteiger partial charge in [-0.15, -0.1) is 0 Å². The molecule has 2 aromatic heterocycles. The lowest BCUT2D eigenvalue weighted by Gasteiger charge is -2.03. The summed E-state index contributed by atoms with van der Waals surface area (Å²) in [7, 11) is 0. The Morgan fingerprint density at radius 2 is 2.08 bits per heavy atom. The number of hydrogen-bond acceptors (Lipinski definition) is 2. The second kappa shape index (κ2) is 7.51. The van der Waals surface area contributed by atoms with Crippen LogP contribution in [0.5, 0.6) is 0 Å². The maximum Gasteiger partial charge on any atom is 0.244 e. The minimum Gasteiger partial charge on any atom is -0.352 e. The van der Waals surface area contributed by atoms with E-state index in [1.54, 1.807) is 6.08 Å². The number of carbonyl (C=O) groups is 1. The van der Waals surface area contributed by atoms with E-state index in [9.17, 15) is 4.79 Å². The fourth-order valence-corrected chi connectivity index (χ4v) is 2.82. The maximum atomic E-state index is 11.9. The maximum absolute atomic E-state index is 11.9. The standard InChI is InChI=1S/C18H15Cl2N3O/c19-14-5-3-4-13(12-14)9-10-21-17(24)8-7-15-18(20)22-16-6-1-2-11-23(15)16/h1-8,11-12H,9-10H2,(H,21,24)/b8-7+. The second-order valence-electron chi connectivity index (χ2n) is 5.22. The molecule has 0 radical (unpaired) electrons. The van der Waals surface area contributed by atoms with Crippen LogP contribution in [0.4, 0.5) is 0 Å². The molecule has 0 fully saturated rings. The van der Waals surface area contributed by atoms with Gasteiger partial charge in [0.05, 0.1) is 5.69 Å². The van der Waals surface area contributed by atoms with E-state index in [4.69, 9.17) is 23.2 Å². The van der Waals surface area contributed by atoms with E-state index in [0.717, 1.165) is 17.6 Å². The van der Waals surface area contributed by atoms with Crippen LogP contribution in [0.3, 0.4) is 0 Å². The molecule has 0 saturated heterocycles. The van der Waals surface area contributed by atoms with Crippen molar-refractivity contribution in [3.05, 3.63) is 76.2 Å². The summed E-state index contributed by atoms with van der Waals surface area (Å²) in [5.74, 6) is -0.182. The number of halogens is 2. The van der Waals surface area contributed by atoms with Crippen LogP contribution in [0, 0.1) is 0 Å². The second-order valence-corrected chi connectivity index (χ2v) is 6.02. The van der Waals surface area contributed by atoms with Gasteiger partial charge in [-0.2, -0.15) is 0 Å². The molecule has 3 rings (SSSR count). The van der Waals surface area contributed by atoms with Crippen molar-refractivity contribution in [2.24, 2.45) is 0 Å².